The van der Waals surface area contributed by atoms with Crippen molar-refractivity contribution >= 4 is 8.32 Å². The second-order valence-electron chi connectivity index (χ2n) is 8.13. The first-order chi connectivity index (χ1) is 9.20. The maximum atomic E-state index is 6.89. The van der Waals surface area contributed by atoms with E-state index in [-0.39, 0.29) is 10.6 Å². The molecule has 3 fully saturated rings. The summed E-state index contributed by atoms with van der Waals surface area (Å²) in [4.78, 5) is 0. The Morgan fingerprint density at radius 1 is 1.20 bits per heavy atom. The van der Waals surface area contributed by atoms with Crippen LogP contribution in [0.2, 0.25) is 18.1 Å². The molecular weight excluding hydrogens is 270 g/mol. The van der Waals surface area contributed by atoms with Crippen LogP contribution in [0.15, 0.2) is 0 Å². The molecule has 1 N–H and O–H groups in total. The fourth-order valence-corrected chi connectivity index (χ4v) is 5.19. The minimum absolute atomic E-state index is 0.205. The average molecular weight is 299 g/mol. The normalized spacial score (nSPS) is 36.8. The van der Waals surface area contributed by atoms with Gasteiger partial charge in [-0.3, -0.25) is 0 Å². The fraction of sp³-hybridized carbons (Fsp3) is 1.00. The first-order valence-corrected chi connectivity index (χ1v) is 10.8. The SMILES string of the molecule is CC(C)(C)[Si](C)(C)O[C@]12CN[C@H](CCC13OCCO3)C2. The molecule has 1 spiro atoms. The predicted molar refractivity (Wildman–Crippen MR) is 81.3 cm³/mol. The van der Waals surface area contributed by atoms with Crippen molar-refractivity contribution < 1.29 is 13.9 Å². The fourth-order valence-electron chi connectivity index (χ4n) is 3.60. The molecule has 0 radical (unpaired) electrons. The number of fused-ring (bicyclic) bond motifs is 3. The van der Waals surface area contributed by atoms with E-state index < -0.39 is 14.1 Å². The molecular formula is C15H29NO3Si. The zero-order valence-corrected chi connectivity index (χ0v) is 14.5. The third kappa shape index (κ3) is 2.10. The molecule has 2 saturated heterocycles. The van der Waals surface area contributed by atoms with Gasteiger partial charge in [0.05, 0.1) is 13.2 Å². The van der Waals surface area contributed by atoms with E-state index in [1.54, 1.807) is 0 Å². The highest BCUT2D eigenvalue weighted by Crippen LogP contribution is 2.52. The van der Waals surface area contributed by atoms with E-state index >= 15 is 0 Å². The summed E-state index contributed by atoms with van der Waals surface area (Å²) >= 11 is 0. The van der Waals surface area contributed by atoms with Crippen molar-refractivity contribution in [1.29, 1.82) is 0 Å². The van der Waals surface area contributed by atoms with Crippen molar-refractivity contribution in [2.75, 3.05) is 19.8 Å². The molecule has 2 bridgehead atoms. The number of hydrogen-bond donors (Lipinski definition) is 1. The van der Waals surface area contributed by atoms with Crippen LogP contribution in [0.5, 0.6) is 0 Å². The van der Waals surface area contributed by atoms with Gasteiger partial charge < -0.3 is 19.2 Å². The third-order valence-corrected chi connectivity index (χ3v) is 10.3. The van der Waals surface area contributed by atoms with Gasteiger partial charge in [0.1, 0.15) is 5.60 Å². The lowest BCUT2D eigenvalue weighted by Gasteiger charge is -2.52. The molecule has 2 heterocycles. The van der Waals surface area contributed by atoms with Gasteiger partial charge in [0.25, 0.3) is 0 Å². The monoisotopic (exact) mass is 299 g/mol. The van der Waals surface area contributed by atoms with Crippen molar-refractivity contribution in [2.24, 2.45) is 0 Å². The smallest absolute Gasteiger partial charge is 0.197 e. The summed E-state index contributed by atoms with van der Waals surface area (Å²) in [6.45, 7) is 13.8. The van der Waals surface area contributed by atoms with Crippen LogP contribution in [0.4, 0.5) is 0 Å². The van der Waals surface area contributed by atoms with Crippen LogP contribution in [-0.4, -0.2) is 45.5 Å². The standard InChI is InChI=1S/C15H29NO3Si/c1-13(2,3)20(4,5)19-14-10-12(16-11-14)6-7-15(14)17-8-9-18-15/h12,16H,6-11H2,1-5H3/t12-,14-/m1/s1. The summed E-state index contributed by atoms with van der Waals surface area (Å²) in [6.07, 6.45) is 3.11. The molecule has 4 nitrogen and oxygen atoms in total. The Kier molecular flexibility index (Phi) is 3.39. The molecule has 2 atom stereocenters. The van der Waals surface area contributed by atoms with E-state index in [4.69, 9.17) is 13.9 Å². The highest BCUT2D eigenvalue weighted by molar-refractivity contribution is 6.74. The highest BCUT2D eigenvalue weighted by Gasteiger charge is 2.64. The van der Waals surface area contributed by atoms with Crippen LogP contribution in [0, 0.1) is 0 Å². The van der Waals surface area contributed by atoms with Crippen LogP contribution in [0.25, 0.3) is 0 Å². The molecule has 116 valence electrons. The predicted octanol–water partition coefficient (Wildman–Crippen LogP) is 2.65. The minimum atomic E-state index is -1.85. The summed E-state index contributed by atoms with van der Waals surface area (Å²) in [5.74, 6) is -0.497. The molecule has 5 heteroatoms. The lowest BCUT2D eigenvalue weighted by molar-refractivity contribution is -0.267. The van der Waals surface area contributed by atoms with Gasteiger partial charge in [0.15, 0.2) is 14.1 Å². The van der Waals surface area contributed by atoms with Crippen LogP contribution in [0.3, 0.4) is 0 Å². The summed E-state index contributed by atoms with van der Waals surface area (Å²) in [5, 5.41) is 3.83. The van der Waals surface area contributed by atoms with E-state index in [2.05, 4.69) is 39.2 Å². The Balaban J connectivity index is 1.91. The Bertz CT molecular complexity index is 387. The summed E-state index contributed by atoms with van der Waals surface area (Å²) in [5.41, 5.74) is -0.282. The van der Waals surface area contributed by atoms with Crippen molar-refractivity contribution in [3.8, 4) is 0 Å². The molecule has 3 aliphatic rings. The second-order valence-corrected chi connectivity index (χ2v) is 12.9. The van der Waals surface area contributed by atoms with Gasteiger partial charge >= 0.3 is 0 Å². The van der Waals surface area contributed by atoms with Crippen molar-refractivity contribution in [3.63, 3.8) is 0 Å². The lowest BCUT2D eigenvalue weighted by Crippen LogP contribution is -2.64. The number of hydrogen-bond acceptors (Lipinski definition) is 4. The van der Waals surface area contributed by atoms with Gasteiger partial charge in [-0.2, -0.15) is 0 Å². The van der Waals surface area contributed by atoms with Crippen LogP contribution >= 0.6 is 0 Å². The van der Waals surface area contributed by atoms with E-state index in [1.807, 2.05) is 0 Å². The molecule has 20 heavy (non-hydrogen) atoms. The zero-order valence-electron chi connectivity index (χ0n) is 13.5. The van der Waals surface area contributed by atoms with Crippen LogP contribution in [0.1, 0.15) is 40.0 Å². The quantitative estimate of drug-likeness (QED) is 0.796. The topological polar surface area (TPSA) is 39.7 Å². The van der Waals surface area contributed by atoms with Crippen molar-refractivity contribution in [3.05, 3.63) is 0 Å². The molecule has 1 saturated carbocycles. The highest BCUT2D eigenvalue weighted by atomic mass is 28.4. The summed E-state index contributed by atoms with van der Waals surface area (Å²) in [7, 11) is -1.85. The van der Waals surface area contributed by atoms with Gasteiger partial charge in [-0.1, -0.05) is 20.8 Å². The summed E-state index contributed by atoms with van der Waals surface area (Å²) in [6, 6.07) is 0.568. The number of ether oxygens (including phenoxy) is 2. The van der Waals surface area contributed by atoms with Gasteiger partial charge in [-0.15, -0.1) is 0 Å². The Morgan fingerprint density at radius 3 is 2.45 bits per heavy atom. The molecule has 1 aliphatic carbocycles. The Morgan fingerprint density at radius 2 is 1.85 bits per heavy atom. The first-order valence-electron chi connectivity index (χ1n) is 7.91. The van der Waals surface area contributed by atoms with Crippen LogP contribution in [-0.2, 0) is 13.9 Å². The number of rotatable bonds is 2. The van der Waals surface area contributed by atoms with E-state index in [0.717, 1.165) is 25.8 Å². The second kappa shape index (κ2) is 4.52. The van der Waals surface area contributed by atoms with Gasteiger partial charge in [0, 0.05) is 19.0 Å². The maximum absolute atomic E-state index is 6.89. The maximum Gasteiger partial charge on any atom is 0.197 e. The Hall–Kier alpha value is 0.0569. The van der Waals surface area contributed by atoms with Crippen LogP contribution < -0.4 is 5.32 Å². The van der Waals surface area contributed by atoms with E-state index in [9.17, 15) is 0 Å². The van der Waals surface area contributed by atoms with Crippen molar-refractivity contribution in [2.45, 2.75) is 75.6 Å². The third-order valence-electron chi connectivity index (χ3n) is 5.78. The molecule has 0 amide bonds. The minimum Gasteiger partial charge on any atom is -0.405 e. The zero-order chi connectivity index (χ0) is 14.6. The van der Waals surface area contributed by atoms with Gasteiger partial charge in [-0.25, -0.2) is 0 Å². The van der Waals surface area contributed by atoms with E-state index in [0.29, 0.717) is 19.3 Å². The first kappa shape index (κ1) is 15.0. The van der Waals surface area contributed by atoms with Gasteiger partial charge in [-0.05, 0) is 31.0 Å². The molecule has 0 aromatic carbocycles. The molecule has 3 rings (SSSR count). The largest absolute Gasteiger partial charge is 0.405 e. The van der Waals surface area contributed by atoms with Gasteiger partial charge in [0.2, 0.25) is 0 Å². The summed E-state index contributed by atoms with van der Waals surface area (Å²) < 4.78 is 19.1. The molecule has 2 aliphatic heterocycles. The average Bonchev–Trinajstić information content (AvgIpc) is 2.90. The van der Waals surface area contributed by atoms with Crippen molar-refractivity contribution in [1.82, 2.24) is 5.32 Å². The lowest BCUT2D eigenvalue weighted by atomic mass is 9.80. The molecule has 0 aromatic rings. The molecule has 0 aromatic heterocycles. The van der Waals surface area contributed by atoms with E-state index in [1.165, 1.54) is 0 Å². The molecule has 0 unspecified atom stereocenters. The Labute approximate surface area is 123 Å². The number of nitrogens with one attached hydrogen (secondary N) is 1.